The Balaban J connectivity index is 1.59. The van der Waals surface area contributed by atoms with Crippen molar-refractivity contribution in [2.24, 2.45) is 0 Å². The Labute approximate surface area is 171 Å². The first-order valence-electron chi connectivity index (χ1n) is 9.60. The zero-order valence-corrected chi connectivity index (χ0v) is 16.4. The van der Waals surface area contributed by atoms with E-state index < -0.39 is 24.2 Å². The first kappa shape index (κ1) is 20.1. The van der Waals surface area contributed by atoms with Crippen LogP contribution in [0.3, 0.4) is 0 Å². The molecule has 0 fully saturated rings. The number of nitrogens with zero attached hydrogens (tertiary/aromatic N) is 2. The topological polar surface area (TPSA) is 72.1 Å². The summed E-state index contributed by atoms with van der Waals surface area (Å²) in [4.78, 5) is 12.6. The number of hydrogen-bond donors (Lipinski definition) is 2. The number of amides is 1. The fraction of sp³-hybridized carbons (Fsp3) is 0.333. The van der Waals surface area contributed by atoms with Gasteiger partial charge in [0.25, 0.3) is 5.91 Å². The van der Waals surface area contributed by atoms with Gasteiger partial charge in [-0.3, -0.25) is 4.79 Å². The number of furan rings is 1. The number of rotatable bonds is 4. The molecule has 2 N–H and O–H groups in total. The fourth-order valence-corrected chi connectivity index (χ4v) is 3.51. The van der Waals surface area contributed by atoms with E-state index in [2.05, 4.69) is 29.6 Å². The van der Waals surface area contributed by atoms with Crippen LogP contribution in [0.4, 0.5) is 24.7 Å². The van der Waals surface area contributed by atoms with E-state index in [-0.39, 0.29) is 17.9 Å². The molecule has 2 atom stereocenters. The highest BCUT2D eigenvalue weighted by atomic mass is 19.4. The third kappa shape index (κ3) is 3.92. The number of anilines is 2. The highest BCUT2D eigenvalue weighted by molar-refractivity contribution is 6.03. The molecular weight excluding hydrogens is 397 g/mol. The second-order valence-electron chi connectivity index (χ2n) is 7.60. The minimum absolute atomic E-state index is 0.0974. The minimum atomic E-state index is -4.52. The molecule has 0 saturated carbocycles. The van der Waals surface area contributed by atoms with Crippen molar-refractivity contribution in [1.29, 1.82) is 0 Å². The van der Waals surface area contributed by atoms with E-state index in [0.29, 0.717) is 17.4 Å². The Hall–Kier alpha value is -3.23. The van der Waals surface area contributed by atoms with Crippen LogP contribution in [0, 0.1) is 0 Å². The van der Waals surface area contributed by atoms with Crippen molar-refractivity contribution in [1.82, 2.24) is 9.78 Å². The van der Waals surface area contributed by atoms with Crippen molar-refractivity contribution in [3.8, 4) is 0 Å². The lowest BCUT2D eigenvalue weighted by atomic mass is 10.0. The predicted octanol–water partition coefficient (Wildman–Crippen LogP) is 5.51. The lowest BCUT2D eigenvalue weighted by Gasteiger charge is -2.32. The van der Waals surface area contributed by atoms with E-state index in [1.54, 1.807) is 24.3 Å². The molecular formula is C21H21F3N4O2. The van der Waals surface area contributed by atoms with E-state index in [9.17, 15) is 18.0 Å². The number of hydrogen-bond acceptors (Lipinski definition) is 4. The maximum Gasteiger partial charge on any atom is 0.410 e. The van der Waals surface area contributed by atoms with Gasteiger partial charge in [0.15, 0.2) is 11.7 Å². The van der Waals surface area contributed by atoms with Gasteiger partial charge in [0.1, 0.15) is 11.6 Å². The van der Waals surface area contributed by atoms with Crippen LogP contribution in [0.2, 0.25) is 0 Å². The molecule has 0 unspecified atom stereocenters. The summed E-state index contributed by atoms with van der Waals surface area (Å²) < 4.78 is 47.1. The van der Waals surface area contributed by atoms with Crippen LogP contribution < -0.4 is 10.6 Å². The molecule has 158 valence electrons. The third-order valence-electron chi connectivity index (χ3n) is 5.14. The summed E-state index contributed by atoms with van der Waals surface area (Å²) in [5, 5.41) is 9.62. The summed E-state index contributed by atoms with van der Waals surface area (Å²) >= 11 is 0. The lowest BCUT2D eigenvalue weighted by Crippen LogP contribution is -2.35. The molecule has 0 spiro atoms. The number of aromatic nitrogens is 2. The molecule has 0 radical (unpaired) electrons. The summed E-state index contributed by atoms with van der Waals surface area (Å²) in [6.07, 6.45) is -3.40. The molecule has 3 heterocycles. The molecule has 0 bridgehead atoms. The summed E-state index contributed by atoms with van der Waals surface area (Å²) in [6.45, 7) is 4.12. The largest absolute Gasteiger partial charge is 0.467 e. The smallest absolute Gasteiger partial charge is 0.410 e. The van der Waals surface area contributed by atoms with Crippen molar-refractivity contribution < 1.29 is 22.4 Å². The van der Waals surface area contributed by atoms with Gasteiger partial charge in [0.2, 0.25) is 0 Å². The first-order chi connectivity index (χ1) is 14.2. The number of carbonyl (C=O) groups is 1. The number of benzene rings is 1. The molecule has 0 aliphatic carbocycles. The molecule has 30 heavy (non-hydrogen) atoms. The highest BCUT2D eigenvalue weighted by Gasteiger charge is 2.47. The standard InChI is InChI=1S/C21H21F3N4O2/c1-12(2)13-5-7-14(8-6-13)25-20(29)16-11-19-26-15(17-4-3-9-30-17)10-18(21(22,23)24)28(19)27-16/h3-9,11-12,15,18,26H,10H2,1-2H3,(H,25,29)/t15-,18-/m0/s1. The maximum atomic E-state index is 13.7. The summed E-state index contributed by atoms with van der Waals surface area (Å²) in [5.74, 6) is 0.284. The van der Waals surface area contributed by atoms with Crippen molar-refractivity contribution >= 4 is 17.4 Å². The highest BCUT2D eigenvalue weighted by Crippen LogP contribution is 2.43. The van der Waals surface area contributed by atoms with Gasteiger partial charge in [0.05, 0.1) is 12.3 Å². The van der Waals surface area contributed by atoms with Crippen molar-refractivity contribution in [2.45, 2.75) is 44.4 Å². The molecule has 9 heteroatoms. The van der Waals surface area contributed by atoms with Crippen molar-refractivity contribution in [3.63, 3.8) is 0 Å². The number of nitrogens with one attached hydrogen (secondary N) is 2. The van der Waals surface area contributed by atoms with Gasteiger partial charge < -0.3 is 15.1 Å². The van der Waals surface area contributed by atoms with Gasteiger partial charge in [-0.25, -0.2) is 4.68 Å². The SMILES string of the molecule is CC(C)c1ccc(NC(=O)c2cc3n(n2)[C@H](C(F)(F)F)C[C@@H](c2ccco2)N3)cc1. The van der Waals surface area contributed by atoms with E-state index >= 15 is 0 Å². The third-order valence-corrected chi connectivity index (χ3v) is 5.14. The zero-order chi connectivity index (χ0) is 21.5. The normalized spacial score (nSPS) is 18.7. The molecule has 3 aromatic rings. The van der Waals surface area contributed by atoms with Gasteiger partial charge in [-0.15, -0.1) is 0 Å². The first-order valence-corrected chi connectivity index (χ1v) is 9.60. The molecule has 0 saturated heterocycles. The monoisotopic (exact) mass is 418 g/mol. The second-order valence-corrected chi connectivity index (χ2v) is 7.60. The van der Waals surface area contributed by atoms with E-state index in [1.165, 1.54) is 12.3 Å². The van der Waals surface area contributed by atoms with Crippen LogP contribution in [0.25, 0.3) is 0 Å². The quantitative estimate of drug-likeness (QED) is 0.586. The van der Waals surface area contributed by atoms with E-state index in [1.807, 2.05) is 12.1 Å². The fourth-order valence-electron chi connectivity index (χ4n) is 3.51. The average molecular weight is 418 g/mol. The van der Waals surface area contributed by atoms with Crippen LogP contribution >= 0.6 is 0 Å². The molecule has 4 rings (SSSR count). The Morgan fingerprint density at radius 1 is 1.27 bits per heavy atom. The van der Waals surface area contributed by atoms with Gasteiger partial charge >= 0.3 is 6.18 Å². The van der Waals surface area contributed by atoms with Crippen molar-refractivity contribution in [3.05, 3.63) is 65.7 Å². The number of fused-ring (bicyclic) bond motifs is 1. The Morgan fingerprint density at radius 3 is 2.60 bits per heavy atom. The average Bonchev–Trinajstić information content (AvgIpc) is 3.36. The van der Waals surface area contributed by atoms with Crippen LogP contribution in [0.1, 0.15) is 60.1 Å². The molecule has 2 aromatic heterocycles. The van der Waals surface area contributed by atoms with Crippen LogP contribution in [0.15, 0.2) is 53.1 Å². The molecule has 1 aliphatic heterocycles. The van der Waals surface area contributed by atoms with Gasteiger partial charge in [0, 0.05) is 18.2 Å². The lowest BCUT2D eigenvalue weighted by molar-refractivity contribution is -0.174. The number of halogens is 3. The summed E-state index contributed by atoms with van der Waals surface area (Å²) in [7, 11) is 0. The van der Waals surface area contributed by atoms with E-state index in [4.69, 9.17) is 4.42 Å². The Morgan fingerprint density at radius 2 is 2.00 bits per heavy atom. The predicted molar refractivity (Wildman–Crippen MR) is 105 cm³/mol. The minimum Gasteiger partial charge on any atom is -0.467 e. The van der Waals surface area contributed by atoms with Crippen LogP contribution in [-0.4, -0.2) is 21.9 Å². The Kier molecular flexibility index (Phi) is 5.05. The molecule has 1 amide bonds. The van der Waals surface area contributed by atoms with Crippen molar-refractivity contribution in [2.75, 3.05) is 10.6 Å². The van der Waals surface area contributed by atoms with Crippen LogP contribution in [-0.2, 0) is 0 Å². The van der Waals surface area contributed by atoms with Gasteiger partial charge in [-0.1, -0.05) is 26.0 Å². The second kappa shape index (κ2) is 7.55. The summed E-state index contributed by atoms with van der Waals surface area (Å²) in [6, 6.07) is 9.33. The summed E-state index contributed by atoms with van der Waals surface area (Å²) in [5.41, 5.74) is 1.57. The van der Waals surface area contributed by atoms with Gasteiger partial charge in [-0.2, -0.15) is 18.3 Å². The van der Waals surface area contributed by atoms with E-state index in [0.717, 1.165) is 10.2 Å². The van der Waals surface area contributed by atoms with Crippen LogP contribution in [0.5, 0.6) is 0 Å². The molecule has 1 aromatic carbocycles. The number of carbonyl (C=O) groups excluding carboxylic acids is 1. The Bertz CT molecular complexity index is 1020. The molecule has 6 nitrogen and oxygen atoms in total. The van der Waals surface area contributed by atoms with Gasteiger partial charge in [-0.05, 0) is 35.7 Å². The number of alkyl halides is 3. The zero-order valence-electron chi connectivity index (χ0n) is 16.4. The maximum absolute atomic E-state index is 13.7. The molecule has 1 aliphatic rings.